The van der Waals surface area contributed by atoms with E-state index >= 15 is 0 Å². The quantitative estimate of drug-likeness (QED) is 0.771. The summed E-state index contributed by atoms with van der Waals surface area (Å²) in [7, 11) is 0. The van der Waals surface area contributed by atoms with Crippen molar-refractivity contribution in [3.63, 3.8) is 0 Å². The molecule has 24 heavy (non-hydrogen) atoms. The first-order chi connectivity index (χ1) is 11.8. The van der Waals surface area contributed by atoms with Crippen molar-refractivity contribution < 1.29 is 4.79 Å². The van der Waals surface area contributed by atoms with Crippen LogP contribution in [-0.4, -0.2) is 29.0 Å². The Morgan fingerprint density at radius 1 is 1.08 bits per heavy atom. The van der Waals surface area contributed by atoms with E-state index in [-0.39, 0.29) is 5.91 Å². The van der Waals surface area contributed by atoms with E-state index in [9.17, 15) is 4.79 Å². The molecule has 3 aromatic rings. The Morgan fingerprint density at radius 3 is 2.75 bits per heavy atom. The highest BCUT2D eigenvalue weighted by atomic mass is 16.1. The van der Waals surface area contributed by atoms with Gasteiger partial charge in [0, 0.05) is 48.1 Å². The van der Waals surface area contributed by atoms with E-state index in [1.165, 1.54) is 24.9 Å². The summed E-state index contributed by atoms with van der Waals surface area (Å²) in [5, 5.41) is 5.10. The fourth-order valence-electron chi connectivity index (χ4n) is 3.36. The first-order valence-electron chi connectivity index (χ1n) is 8.39. The predicted octanol–water partition coefficient (Wildman–Crippen LogP) is 3.81. The number of aromatic nitrogens is 2. The average Bonchev–Trinajstić information content (AvgIpc) is 3.17. The number of amides is 1. The van der Waals surface area contributed by atoms with Crippen molar-refractivity contribution in [3.05, 3.63) is 54.6 Å². The van der Waals surface area contributed by atoms with Crippen LogP contribution >= 0.6 is 0 Å². The molecule has 1 fully saturated rings. The molecule has 0 unspecified atom stereocenters. The standard InChI is InChI=1S/C19H20N4O/c24-19(17-5-4-9-21-17)22-16-6-7-18(23-11-2-1-3-12-23)14-8-10-20-13-15(14)16/h4-10,13,21H,1-3,11-12H2,(H,22,24). The van der Waals surface area contributed by atoms with E-state index < -0.39 is 0 Å². The van der Waals surface area contributed by atoms with Crippen LogP contribution in [0, 0.1) is 0 Å². The fraction of sp³-hybridized carbons (Fsp3) is 0.263. The number of nitrogens with zero attached hydrogens (tertiary/aromatic N) is 2. The molecule has 2 N–H and O–H groups in total. The maximum absolute atomic E-state index is 12.3. The number of anilines is 2. The Hall–Kier alpha value is -2.82. The largest absolute Gasteiger partial charge is 0.371 e. The summed E-state index contributed by atoms with van der Waals surface area (Å²) in [5.41, 5.74) is 2.57. The molecule has 5 nitrogen and oxygen atoms in total. The van der Waals surface area contributed by atoms with E-state index in [0.717, 1.165) is 29.5 Å². The predicted molar refractivity (Wildman–Crippen MR) is 96.6 cm³/mol. The Bertz CT molecular complexity index is 851. The number of carbonyl (C=O) groups is 1. The minimum absolute atomic E-state index is 0.143. The van der Waals surface area contributed by atoms with E-state index in [2.05, 4.69) is 26.3 Å². The number of benzene rings is 1. The van der Waals surface area contributed by atoms with Crippen molar-refractivity contribution in [3.8, 4) is 0 Å². The monoisotopic (exact) mass is 320 g/mol. The molecular weight excluding hydrogens is 300 g/mol. The van der Waals surface area contributed by atoms with E-state index in [0.29, 0.717) is 5.69 Å². The van der Waals surface area contributed by atoms with Gasteiger partial charge in [0.05, 0.1) is 5.69 Å². The van der Waals surface area contributed by atoms with Crippen molar-refractivity contribution in [1.82, 2.24) is 9.97 Å². The zero-order valence-corrected chi connectivity index (χ0v) is 13.5. The summed E-state index contributed by atoms with van der Waals surface area (Å²) in [4.78, 5) is 21.9. The van der Waals surface area contributed by atoms with Crippen molar-refractivity contribution in [2.24, 2.45) is 0 Å². The maximum atomic E-state index is 12.3. The summed E-state index contributed by atoms with van der Waals surface area (Å²) in [6.45, 7) is 2.18. The molecule has 1 aliphatic heterocycles. The van der Waals surface area contributed by atoms with Crippen molar-refractivity contribution >= 4 is 28.1 Å². The molecule has 0 radical (unpaired) electrons. The van der Waals surface area contributed by atoms with Crippen molar-refractivity contribution in [2.45, 2.75) is 19.3 Å². The van der Waals surface area contributed by atoms with Crippen LogP contribution in [0.3, 0.4) is 0 Å². The van der Waals surface area contributed by atoms with Gasteiger partial charge in [-0.25, -0.2) is 0 Å². The van der Waals surface area contributed by atoms with Gasteiger partial charge in [-0.2, -0.15) is 0 Å². The smallest absolute Gasteiger partial charge is 0.272 e. The zero-order chi connectivity index (χ0) is 16.4. The molecule has 1 aliphatic rings. The lowest BCUT2D eigenvalue weighted by Crippen LogP contribution is -2.29. The second-order valence-electron chi connectivity index (χ2n) is 6.14. The Labute approximate surface area is 140 Å². The topological polar surface area (TPSA) is 61.0 Å². The molecule has 0 spiro atoms. The van der Waals surface area contributed by atoms with Crippen LogP contribution in [0.25, 0.3) is 10.8 Å². The lowest BCUT2D eigenvalue weighted by molar-refractivity contribution is 0.102. The van der Waals surface area contributed by atoms with Crippen molar-refractivity contribution in [1.29, 1.82) is 0 Å². The van der Waals surface area contributed by atoms with E-state index in [1.807, 2.05) is 30.6 Å². The number of carbonyl (C=O) groups excluding carboxylic acids is 1. The Morgan fingerprint density at radius 2 is 1.96 bits per heavy atom. The maximum Gasteiger partial charge on any atom is 0.272 e. The van der Waals surface area contributed by atoms with Crippen LogP contribution in [0.15, 0.2) is 48.9 Å². The number of hydrogen-bond donors (Lipinski definition) is 2. The average molecular weight is 320 g/mol. The number of hydrogen-bond acceptors (Lipinski definition) is 3. The molecule has 1 amide bonds. The molecule has 0 atom stereocenters. The van der Waals surface area contributed by atoms with Gasteiger partial charge in [0.2, 0.25) is 0 Å². The van der Waals surface area contributed by atoms with Gasteiger partial charge in [-0.05, 0) is 49.6 Å². The van der Waals surface area contributed by atoms with Crippen LogP contribution < -0.4 is 10.2 Å². The van der Waals surface area contributed by atoms with Crippen LogP contribution in [0.2, 0.25) is 0 Å². The van der Waals surface area contributed by atoms with Gasteiger partial charge in [-0.15, -0.1) is 0 Å². The van der Waals surface area contributed by atoms with Crippen LogP contribution in [0.4, 0.5) is 11.4 Å². The van der Waals surface area contributed by atoms with Gasteiger partial charge in [0.1, 0.15) is 5.69 Å². The fourth-order valence-corrected chi connectivity index (χ4v) is 3.36. The first kappa shape index (κ1) is 14.8. The second-order valence-corrected chi connectivity index (χ2v) is 6.14. The highest BCUT2D eigenvalue weighted by molar-refractivity contribution is 6.10. The highest BCUT2D eigenvalue weighted by Gasteiger charge is 2.16. The number of pyridine rings is 1. The summed E-state index contributed by atoms with van der Waals surface area (Å²) >= 11 is 0. The summed E-state index contributed by atoms with van der Waals surface area (Å²) < 4.78 is 0. The first-order valence-corrected chi connectivity index (χ1v) is 8.39. The third-order valence-corrected chi connectivity index (χ3v) is 4.58. The van der Waals surface area contributed by atoms with E-state index in [4.69, 9.17) is 0 Å². The third-order valence-electron chi connectivity index (χ3n) is 4.58. The SMILES string of the molecule is O=C(Nc1ccc(N2CCCCC2)c2ccncc12)c1ccc[nH]1. The van der Waals surface area contributed by atoms with Crippen LogP contribution in [-0.2, 0) is 0 Å². The molecular formula is C19H20N4O. The van der Waals surface area contributed by atoms with Crippen LogP contribution in [0.1, 0.15) is 29.8 Å². The molecule has 4 rings (SSSR count). The lowest BCUT2D eigenvalue weighted by Gasteiger charge is -2.30. The van der Waals surface area contributed by atoms with Crippen molar-refractivity contribution in [2.75, 3.05) is 23.3 Å². The molecule has 1 saturated heterocycles. The minimum Gasteiger partial charge on any atom is -0.371 e. The normalized spacial score (nSPS) is 14.8. The number of piperidine rings is 1. The van der Waals surface area contributed by atoms with Gasteiger partial charge in [0.15, 0.2) is 0 Å². The number of aromatic amines is 1. The Balaban J connectivity index is 1.71. The Kier molecular flexibility index (Phi) is 3.91. The summed E-state index contributed by atoms with van der Waals surface area (Å²) in [6.07, 6.45) is 9.16. The van der Waals surface area contributed by atoms with E-state index in [1.54, 1.807) is 12.3 Å². The van der Waals surface area contributed by atoms with Gasteiger partial charge >= 0.3 is 0 Å². The van der Waals surface area contributed by atoms with Gasteiger partial charge in [-0.3, -0.25) is 9.78 Å². The van der Waals surface area contributed by atoms with Crippen LogP contribution in [0.5, 0.6) is 0 Å². The molecule has 122 valence electrons. The lowest BCUT2D eigenvalue weighted by atomic mass is 10.1. The third kappa shape index (κ3) is 2.73. The van der Waals surface area contributed by atoms with Gasteiger partial charge in [0.25, 0.3) is 5.91 Å². The molecule has 3 heterocycles. The number of rotatable bonds is 3. The summed E-state index contributed by atoms with van der Waals surface area (Å²) in [6, 6.07) is 9.70. The highest BCUT2D eigenvalue weighted by Crippen LogP contribution is 2.33. The number of fused-ring (bicyclic) bond motifs is 1. The zero-order valence-electron chi connectivity index (χ0n) is 13.5. The number of H-pyrrole nitrogens is 1. The van der Waals surface area contributed by atoms with Gasteiger partial charge in [-0.1, -0.05) is 0 Å². The summed E-state index contributed by atoms with van der Waals surface area (Å²) in [5.74, 6) is -0.143. The number of nitrogens with one attached hydrogen (secondary N) is 2. The molecule has 0 saturated carbocycles. The molecule has 5 heteroatoms. The minimum atomic E-state index is -0.143. The molecule has 2 aromatic heterocycles. The second kappa shape index (κ2) is 6.35. The molecule has 1 aromatic carbocycles. The van der Waals surface area contributed by atoms with Gasteiger partial charge < -0.3 is 15.2 Å². The molecule has 0 aliphatic carbocycles. The molecule has 0 bridgehead atoms.